The van der Waals surface area contributed by atoms with Gasteiger partial charge in [-0.05, 0) is 37.5 Å². The van der Waals surface area contributed by atoms with Crippen LogP contribution in [0.5, 0.6) is 0 Å². The molecule has 0 aromatic carbocycles. The first-order chi connectivity index (χ1) is 5.87. The second-order valence-corrected chi connectivity index (χ2v) is 5.40. The number of rotatable bonds is 6. The van der Waals surface area contributed by atoms with Crippen LogP contribution in [0.1, 0.15) is 60.3 Å². The van der Waals surface area contributed by atoms with Gasteiger partial charge < -0.3 is 5.73 Å². The van der Waals surface area contributed by atoms with Crippen LogP contribution in [0, 0.1) is 11.3 Å². The van der Waals surface area contributed by atoms with Crippen molar-refractivity contribution in [2.75, 3.05) is 0 Å². The van der Waals surface area contributed by atoms with Crippen LogP contribution in [0.15, 0.2) is 0 Å². The lowest BCUT2D eigenvalue weighted by Crippen LogP contribution is -2.21. The molecule has 0 radical (unpaired) electrons. The summed E-state index contributed by atoms with van der Waals surface area (Å²) in [7, 11) is 0. The fourth-order valence-corrected chi connectivity index (χ4v) is 1.81. The van der Waals surface area contributed by atoms with E-state index in [9.17, 15) is 0 Å². The summed E-state index contributed by atoms with van der Waals surface area (Å²) in [6.07, 6.45) is 5.04. The largest absolute Gasteiger partial charge is 0.328 e. The summed E-state index contributed by atoms with van der Waals surface area (Å²) in [6, 6.07) is 0.358. The zero-order chi connectivity index (χ0) is 10.5. The summed E-state index contributed by atoms with van der Waals surface area (Å²) < 4.78 is 0. The quantitative estimate of drug-likeness (QED) is 0.672. The molecule has 80 valence electrons. The molecule has 13 heavy (non-hydrogen) atoms. The van der Waals surface area contributed by atoms with Gasteiger partial charge in [0.15, 0.2) is 0 Å². The van der Waals surface area contributed by atoms with E-state index in [-0.39, 0.29) is 0 Å². The predicted molar refractivity (Wildman–Crippen MR) is 60.7 cm³/mol. The van der Waals surface area contributed by atoms with Crippen molar-refractivity contribution in [2.24, 2.45) is 17.1 Å². The van der Waals surface area contributed by atoms with E-state index in [1.807, 2.05) is 0 Å². The summed E-state index contributed by atoms with van der Waals surface area (Å²) in [5, 5.41) is 0. The highest BCUT2D eigenvalue weighted by molar-refractivity contribution is 4.73. The molecule has 2 N–H and O–H groups in total. The second kappa shape index (κ2) is 5.64. The van der Waals surface area contributed by atoms with Crippen molar-refractivity contribution in [1.29, 1.82) is 0 Å². The first kappa shape index (κ1) is 13.0. The Kier molecular flexibility index (Phi) is 5.62. The van der Waals surface area contributed by atoms with Crippen molar-refractivity contribution in [2.45, 2.75) is 66.3 Å². The van der Waals surface area contributed by atoms with E-state index < -0.39 is 0 Å². The lowest BCUT2D eigenvalue weighted by molar-refractivity contribution is 0.242. The summed E-state index contributed by atoms with van der Waals surface area (Å²) in [5.74, 6) is 0.850. The highest BCUT2D eigenvalue weighted by Crippen LogP contribution is 2.31. The second-order valence-electron chi connectivity index (χ2n) is 5.40. The molecule has 0 amide bonds. The van der Waals surface area contributed by atoms with Crippen LogP contribution in [0.4, 0.5) is 0 Å². The van der Waals surface area contributed by atoms with Crippen LogP contribution in [0.25, 0.3) is 0 Å². The highest BCUT2D eigenvalue weighted by Gasteiger charge is 2.20. The Morgan fingerprint density at radius 3 is 2.15 bits per heavy atom. The van der Waals surface area contributed by atoms with Gasteiger partial charge in [0.1, 0.15) is 0 Å². The third kappa shape index (κ3) is 7.06. The average Bonchev–Trinajstić information content (AvgIpc) is 2.00. The van der Waals surface area contributed by atoms with E-state index in [1.54, 1.807) is 0 Å². The molecule has 1 heteroatoms. The molecular weight excluding hydrogens is 158 g/mol. The molecule has 0 aliphatic heterocycles. The Labute approximate surface area is 84.1 Å². The van der Waals surface area contributed by atoms with Gasteiger partial charge >= 0.3 is 0 Å². The molecule has 0 rings (SSSR count). The zero-order valence-electron chi connectivity index (χ0n) is 10.1. The smallest absolute Gasteiger partial charge is 0.00106 e. The molecule has 0 saturated carbocycles. The molecule has 0 aliphatic rings. The minimum atomic E-state index is 0.358. The van der Waals surface area contributed by atoms with Gasteiger partial charge in [-0.1, -0.05) is 34.1 Å². The van der Waals surface area contributed by atoms with Crippen molar-refractivity contribution in [1.82, 2.24) is 0 Å². The fraction of sp³-hybridized carbons (Fsp3) is 1.00. The Morgan fingerprint density at radius 2 is 1.77 bits per heavy atom. The van der Waals surface area contributed by atoms with Gasteiger partial charge in [0.2, 0.25) is 0 Å². The minimum absolute atomic E-state index is 0.358. The van der Waals surface area contributed by atoms with Crippen LogP contribution in [-0.4, -0.2) is 6.04 Å². The van der Waals surface area contributed by atoms with E-state index in [1.165, 1.54) is 19.3 Å². The SMILES string of the molecule is CC[C@H](C)CC(C)(C)CC[C@@H](C)N. The van der Waals surface area contributed by atoms with Crippen molar-refractivity contribution < 1.29 is 0 Å². The lowest BCUT2D eigenvalue weighted by atomic mass is 9.78. The van der Waals surface area contributed by atoms with Gasteiger partial charge in [-0.3, -0.25) is 0 Å². The molecular formula is C12H27N. The maximum absolute atomic E-state index is 5.76. The normalized spacial score (nSPS) is 17.1. The standard InChI is InChI=1S/C12H27N/c1-6-10(2)9-12(4,5)8-7-11(3)13/h10-11H,6-9,13H2,1-5H3/t10-,11+/m0/s1. The van der Waals surface area contributed by atoms with Gasteiger partial charge in [-0.15, -0.1) is 0 Å². The van der Waals surface area contributed by atoms with E-state index >= 15 is 0 Å². The van der Waals surface area contributed by atoms with E-state index in [0.717, 1.165) is 12.3 Å². The number of nitrogens with two attached hydrogens (primary N) is 1. The summed E-state index contributed by atoms with van der Waals surface area (Å²) in [4.78, 5) is 0. The minimum Gasteiger partial charge on any atom is -0.328 e. The molecule has 0 fully saturated rings. The molecule has 0 bridgehead atoms. The van der Waals surface area contributed by atoms with Crippen LogP contribution >= 0.6 is 0 Å². The monoisotopic (exact) mass is 185 g/mol. The molecule has 0 unspecified atom stereocenters. The van der Waals surface area contributed by atoms with Gasteiger partial charge in [-0.25, -0.2) is 0 Å². The van der Waals surface area contributed by atoms with Gasteiger partial charge in [-0.2, -0.15) is 0 Å². The van der Waals surface area contributed by atoms with E-state index in [4.69, 9.17) is 5.73 Å². The Balaban J connectivity index is 3.79. The summed E-state index contributed by atoms with van der Waals surface area (Å²) >= 11 is 0. The third-order valence-electron chi connectivity index (χ3n) is 2.87. The zero-order valence-corrected chi connectivity index (χ0v) is 10.1. The van der Waals surface area contributed by atoms with Crippen LogP contribution < -0.4 is 5.73 Å². The Morgan fingerprint density at radius 1 is 1.23 bits per heavy atom. The van der Waals surface area contributed by atoms with Crippen LogP contribution in [-0.2, 0) is 0 Å². The Hall–Kier alpha value is -0.0400. The summed E-state index contributed by atoms with van der Waals surface area (Å²) in [6.45, 7) is 11.4. The maximum atomic E-state index is 5.76. The van der Waals surface area contributed by atoms with E-state index in [0.29, 0.717) is 11.5 Å². The van der Waals surface area contributed by atoms with Crippen molar-refractivity contribution >= 4 is 0 Å². The molecule has 0 aromatic heterocycles. The van der Waals surface area contributed by atoms with Crippen molar-refractivity contribution in [3.05, 3.63) is 0 Å². The highest BCUT2D eigenvalue weighted by atomic mass is 14.6. The summed E-state index contributed by atoms with van der Waals surface area (Å²) in [5.41, 5.74) is 6.24. The molecule has 0 aromatic rings. The van der Waals surface area contributed by atoms with Crippen LogP contribution in [0.2, 0.25) is 0 Å². The van der Waals surface area contributed by atoms with Gasteiger partial charge in [0.05, 0.1) is 0 Å². The third-order valence-corrected chi connectivity index (χ3v) is 2.87. The topological polar surface area (TPSA) is 26.0 Å². The fourth-order valence-electron chi connectivity index (χ4n) is 1.81. The van der Waals surface area contributed by atoms with Crippen molar-refractivity contribution in [3.63, 3.8) is 0 Å². The van der Waals surface area contributed by atoms with E-state index in [2.05, 4.69) is 34.6 Å². The molecule has 1 nitrogen and oxygen atoms in total. The molecule has 0 spiro atoms. The average molecular weight is 185 g/mol. The first-order valence-electron chi connectivity index (χ1n) is 5.63. The van der Waals surface area contributed by atoms with Gasteiger partial charge in [0.25, 0.3) is 0 Å². The molecule has 0 aliphatic carbocycles. The Bertz CT molecular complexity index is 127. The molecule has 0 heterocycles. The molecule has 0 saturated heterocycles. The lowest BCUT2D eigenvalue weighted by Gasteiger charge is -2.28. The van der Waals surface area contributed by atoms with Crippen molar-refractivity contribution in [3.8, 4) is 0 Å². The van der Waals surface area contributed by atoms with Gasteiger partial charge in [0, 0.05) is 6.04 Å². The maximum Gasteiger partial charge on any atom is 0.00106 e. The number of hydrogen-bond donors (Lipinski definition) is 1. The predicted octanol–water partition coefficient (Wildman–Crippen LogP) is 3.58. The first-order valence-corrected chi connectivity index (χ1v) is 5.63. The molecule has 2 atom stereocenters. The van der Waals surface area contributed by atoms with Crippen LogP contribution in [0.3, 0.4) is 0 Å². The number of hydrogen-bond acceptors (Lipinski definition) is 1.